The van der Waals surface area contributed by atoms with E-state index in [0.29, 0.717) is 16.6 Å². The molecule has 5 nitrogen and oxygen atoms in total. The molecule has 1 saturated heterocycles. The van der Waals surface area contributed by atoms with Crippen LogP contribution in [0.15, 0.2) is 42.6 Å². The highest BCUT2D eigenvalue weighted by Crippen LogP contribution is 2.29. The summed E-state index contributed by atoms with van der Waals surface area (Å²) >= 11 is 13.5. The predicted molar refractivity (Wildman–Crippen MR) is 123 cm³/mol. The van der Waals surface area contributed by atoms with Crippen molar-refractivity contribution >= 4 is 46.3 Å². The molecule has 1 fully saturated rings. The lowest BCUT2D eigenvalue weighted by Crippen LogP contribution is -2.40. The minimum absolute atomic E-state index is 0.0188. The number of nitrogens with one attached hydrogen (secondary N) is 1. The third-order valence-electron chi connectivity index (χ3n) is 5.27. The highest BCUT2D eigenvalue weighted by molar-refractivity contribution is 7.12. The standard InChI is InChI=1S/C22H22Cl2N4OS/c1-14-21(15-2-4-17(23)5-3-15)27-20(30-14)13-26-22(29)16-8-10-28(11-9-16)19-7-6-18(24)12-25-19/h2-7,12,16H,8-11,13H2,1H3,(H,26,29). The van der Waals surface area contributed by atoms with Gasteiger partial charge in [-0.05, 0) is 44.0 Å². The number of anilines is 1. The summed E-state index contributed by atoms with van der Waals surface area (Å²) in [6.45, 7) is 4.12. The Morgan fingerprint density at radius 1 is 1.13 bits per heavy atom. The fourth-order valence-corrected chi connectivity index (χ4v) is 4.77. The fraction of sp³-hybridized carbons (Fsp3) is 0.318. The molecule has 0 radical (unpaired) electrons. The van der Waals surface area contributed by atoms with E-state index in [9.17, 15) is 4.79 Å². The van der Waals surface area contributed by atoms with Crippen LogP contribution in [0.5, 0.6) is 0 Å². The van der Waals surface area contributed by atoms with Gasteiger partial charge in [0.15, 0.2) is 0 Å². The number of amides is 1. The van der Waals surface area contributed by atoms with Gasteiger partial charge >= 0.3 is 0 Å². The van der Waals surface area contributed by atoms with Crippen LogP contribution >= 0.6 is 34.5 Å². The molecular weight excluding hydrogens is 439 g/mol. The average Bonchev–Trinajstić information content (AvgIpc) is 3.14. The third kappa shape index (κ3) is 4.94. The van der Waals surface area contributed by atoms with Crippen LogP contribution in [-0.4, -0.2) is 29.0 Å². The van der Waals surface area contributed by atoms with Crippen LogP contribution < -0.4 is 10.2 Å². The van der Waals surface area contributed by atoms with Crippen LogP contribution in [0.4, 0.5) is 5.82 Å². The van der Waals surface area contributed by atoms with E-state index < -0.39 is 0 Å². The number of nitrogens with zero attached hydrogens (tertiary/aromatic N) is 3. The molecule has 1 aliphatic rings. The van der Waals surface area contributed by atoms with Crippen molar-refractivity contribution in [1.29, 1.82) is 0 Å². The Hall–Kier alpha value is -2.15. The summed E-state index contributed by atoms with van der Waals surface area (Å²) < 4.78 is 0. The van der Waals surface area contributed by atoms with Crippen molar-refractivity contribution in [2.75, 3.05) is 18.0 Å². The molecule has 1 amide bonds. The molecule has 1 aliphatic heterocycles. The second kappa shape index (κ2) is 9.33. The van der Waals surface area contributed by atoms with Gasteiger partial charge in [-0.2, -0.15) is 0 Å². The van der Waals surface area contributed by atoms with E-state index in [4.69, 9.17) is 28.2 Å². The van der Waals surface area contributed by atoms with Gasteiger partial charge in [0.05, 0.1) is 17.3 Å². The average molecular weight is 461 g/mol. The van der Waals surface area contributed by atoms with E-state index in [1.165, 1.54) is 0 Å². The normalized spacial score (nSPS) is 14.7. The molecule has 0 bridgehead atoms. The quantitative estimate of drug-likeness (QED) is 0.556. The van der Waals surface area contributed by atoms with E-state index in [0.717, 1.165) is 52.9 Å². The summed E-state index contributed by atoms with van der Waals surface area (Å²) in [7, 11) is 0. The van der Waals surface area contributed by atoms with E-state index in [1.807, 2.05) is 43.3 Å². The number of piperidine rings is 1. The largest absolute Gasteiger partial charge is 0.357 e. The minimum atomic E-state index is 0.0188. The molecule has 0 aliphatic carbocycles. The van der Waals surface area contributed by atoms with Crippen molar-refractivity contribution in [3.05, 3.63) is 62.5 Å². The minimum Gasteiger partial charge on any atom is -0.357 e. The van der Waals surface area contributed by atoms with Crippen LogP contribution in [0, 0.1) is 12.8 Å². The van der Waals surface area contributed by atoms with E-state index in [1.54, 1.807) is 17.5 Å². The molecule has 3 aromatic rings. The summed E-state index contributed by atoms with van der Waals surface area (Å²) in [4.78, 5) is 25.1. The molecule has 4 rings (SSSR count). The number of halogens is 2. The van der Waals surface area contributed by atoms with E-state index in [-0.39, 0.29) is 11.8 Å². The number of thiazole rings is 1. The first-order chi connectivity index (χ1) is 14.5. The second-order valence-corrected chi connectivity index (χ2v) is 9.49. The van der Waals surface area contributed by atoms with Gasteiger partial charge in [0.2, 0.25) is 5.91 Å². The van der Waals surface area contributed by atoms with Crippen LogP contribution in [0.2, 0.25) is 10.0 Å². The molecule has 3 heterocycles. The lowest BCUT2D eigenvalue weighted by Gasteiger charge is -2.32. The zero-order valence-electron chi connectivity index (χ0n) is 16.6. The van der Waals surface area contributed by atoms with Crippen molar-refractivity contribution in [3.8, 4) is 11.3 Å². The Bertz CT molecular complexity index is 1010. The first-order valence-corrected chi connectivity index (χ1v) is 11.4. The molecule has 0 atom stereocenters. The molecule has 1 N–H and O–H groups in total. The number of aromatic nitrogens is 2. The Balaban J connectivity index is 1.30. The lowest BCUT2D eigenvalue weighted by atomic mass is 9.96. The molecule has 156 valence electrons. The fourth-order valence-electron chi connectivity index (χ4n) is 3.64. The van der Waals surface area contributed by atoms with Gasteiger partial charge in [0.25, 0.3) is 0 Å². The van der Waals surface area contributed by atoms with Crippen LogP contribution in [0.3, 0.4) is 0 Å². The lowest BCUT2D eigenvalue weighted by molar-refractivity contribution is -0.125. The Labute approximate surface area is 190 Å². The Kier molecular flexibility index (Phi) is 6.56. The Morgan fingerprint density at radius 2 is 1.83 bits per heavy atom. The van der Waals surface area contributed by atoms with Crippen LogP contribution in [-0.2, 0) is 11.3 Å². The maximum absolute atomic E-state index is 12.7. The van der Waals surface area contributed by atoms with Crippen molar-refractivity contribution in [2.24, 2.45) is 5.92 Å². The number of hydrogen-bond acceptors (Lipinski definition) is 5. The van der Waals surface area contributed by atoms with Crippen molar-refractivity contribution in [2.45, 2.75) is 26.3 Å². The molecular formula is C22H22Cl2N4OS. The number of benzene rings is 1. The number of rotatable bonds is 5. The Morgan fingerprint density at radius 3 is 2.50 bits per heavy atom. The summed E-state index contributed by atoms with van der Waals surface area (Å²) in [5.74, 6) is 1.02. The zero-order chi connectivity index (χ0) is 21.1. The van der Waals surface area contributed by atoms with E-state index >= 15 is 0 Å². The van der Waals surface area contributed by atoms with Gasteiger partial charge in [0.1, 0.15) is 10.8 Å². The number of pyridine rings is 1. The van der Waals surface area contributed by atoms with Gasteiger partial charge in [-0.25, -0.2) is 9.97 Å². The number of carbonyl (C=O) groups excluding carboxylic acids is 1. The first-order valence-electron chi connectivity index (χ1n) is 9.86. The van der Waals surface area contributed by atoms with Crippen LogP contribution in [0.25, 0.3) is 11.3 Å². The second-order valence-electron chi connectivity index (χ2n) is 7.33. The highest BCUT2D eigenvalue weighted by atomic mass is 35.5. The number of hydrogen-bond donors (Lipinski definition) is 1. The third-order valence-corrected chi connectivity index (χ3v) is 6.72. The maximum Gasteiger partial charge on any atom is 0.223 e. The van der Waals surface area contributed by atoms with Gasteiger partial charge in [-0.3, -0.25) is 4.79 Å². The van der Waals surface area contributed by atoms with Gasteiger partial charge in [-0.15, -0.1) is 11.3 Å². The summed E-state index contributed by atoms with van der Waals surface area (Å²) in [5, 5.41) is 5.31. The summed E-state index contributed by atoms with van der Waals surface area (Å²) in [6, 6.07) is 11.4. The summed E-state index contributed by atoms with van der Waals surface area (Å²) in [5.41, 5.74) is 1.98. The van der Waals surface area contributed by atoms with Crippen LogP contribution in [0.1, 0.15) is 22.7 Å². The van der Waals surface area contributed by atoms with Crippen molar-refractivity contribution in [1.82, 2.24) is 15.3 Å². The monoisotopic (exact) mass is 460 g/mol. The van der Waals surface area contributed by atoms with Crippen molar-refractivity contribution in [3.63, 3.8) is 0 Å². The molecule has 30 heavy (non-hydrogen) atoms. The molecule has 2 aromatic heterocycles. The molecule has 8 heteroatoms. The molecule has 0 saturated carbocycles. The smallest absolute Gasteiger partial charge is 0.223 e. The predicted octanol–water partition coefficient (Wildman–Crippen LogP) is 5.35. The molecule has 0 spiro atoms. The van der Waals surface area contributed by atoms with Gasteiger partial charge in [0, 0.05) is 40.7 Å². The van der Waals surface area contributed by atoms with Gasteiger partial charge in [-0.1, -0.05) is 35.3 Å². The van der Waals surface area contributed by atoms with Crippen molar-refractivity contribution < 1.29 is 4.79 Å². The highest BCUT2D eigenvalue weighted by Gasteiger charge is 2.25. The topological polar surface area (TPSA) is 58.1 Å². The number of carbonyl (C=O) groups is 1. The molecule has 0 unspecified atom stereocenters. The maximum atomic E-state index is 12.7. The summed E-state index contributed by atoms with van der Waals surface area (Å²) in [6.07, 6.45) is 3.27. The SMILES string of the molecule is Cc1sc(CNC(=O)C2CCN(c3ccc(Cl)cn3)CC2)nc1-c1ccc(Cl)cc1. The number of aryl methyl sites for hydroxylation is 1. The first kappa shape index (κ1) is 21.1. The molecule has 1 aromatic carbocycles. The zero-order valence-corrected chi connectivity index (χ0v) is 18.9. The van der Waals surface area contributed by atoms with Gasteiger partial charge < -0.3 is 10.2 Å². The van der Waals surface area contributed by atoms with E-state index in [2.05, 4.69) is 15.2 Å².